The van der Waals surface area contributed by atoms with E-state index in [1.54, 1.807) is 6.07 Å². The second kappa shape index (κ2) is 3.28. The number of benzene rings is 1. The number of ether oxygens (including phenoxy) is 1. The topological polar surface area (TPSA) is 59.0 Å². The Morgan fingerprint density at radius 1 is 1.57 bits per heavy atom. The van der Waals surface area contributed by atoms with Crippen LogP contribution in [0.2, 0.25) is 0 Å². The zero-order valence-electron chi connectivity index (χ0n) is 7.46. The molecule has 1 aliphatic rings. The van der Waals surface area contributed by atoms with Gasteiger partial charge in [0.15, 0.2) is 11.6 Å². The number of halogens is 1. The lowest BCUT2D eigenvalue weighted by Gasteiger charge is -2.23. The molecule has 1 atom stereocenters. The summed E-state index contributed by atoms with van der Waals surface area (Å²) < 4.78 is 18.5. The molecule has 0 spiro atoms. The lowest BCUT2D eigenvalue weighted by molar-refractivity contribution is 0.255. The first-order chi connectivity index (χ1) is 6.72. The van der Waals surface area contributed by atoms with Crippen LogP contribution in [0.25, 0.3) is 0 Å². The largest absolute Gasteiger partial charge is 0.490 e. The summed E-state index contributed by atoms with van der Waals surface area (Å²) in [4.78, 5) is 0. The zero-order chi connectivity index (χ0) is 10.1. The Morgan fingerprint density at radius 3 is 3.07 bits per heavy atom. The molecule has 2 rings (SSSR count). The summed E-state index contributed by atoms with van der Waals surface area (Å²) in [6.07, 6.45) is 0.654. The third-order valence-electron chi connectivity index (χ3n) is 2.28. The van der Waals surface area contributed by atoms with Crippen molar-refractivity contribution in [3.8, 4) is 11.8 Å². The highest BCUT2D eigenvalue weighted by molar-refractivity contribution is 5.45. The van der Waals surface area contributed by atoms with Gasteiger partial charge in [-0.05, 0) is 12.1 Å². The van der Waals surface area contributed by atoms with E-state index in [0.717, 1.165) is 6.07 Å². The van der Waals surface area contributed by atoms with Gasteiger partial charge in [-0.3, -0.25) is 0 Å². The van der Waals surface area contributed by atoms with E-state index < -0.39 is 5.82 Å². The van der Waals surface area contributed by atoms with Crippen LogP contribution in [-0.2, 0) is 0 Å². The maximum Gasteiger partial charge on any atom is 0.166 e. The summed E-state index contributed by atoms with van der Waals surface area (Å²) in [6.45, 7) is 0.428. The number of hydrogen-bond donors (Lipinski definition) is 1. The average Bonchev–Trinajstić information content (AvgIpc) is 2.19. The predicted octanol–water partition coefficient (Wildman–Crippen LogP) is 1.48. The standard InChI is InChI=1S/C10H9FN2O/c11-8-4-6(5-12)3-7-9(13)1-2-14-10(7)8/h3-4,9H,1-2,13H2/t9-/m0/s1. The summed E-state index contributed by atoms with van der Waals surface area (Å²) in [7, 11) is 0. The van der Waals surface area contributed by atoms with E-state index in [4.69, 9.17) is 15.7 Å². The molecule has 0 amide bonds. The fraction of sp³-hybridized carbons (Fsp3) is 0.300. The van der Waals surface area contributed by atoms with Crippen LogP contribution >= 0.6 is 0 Å². The van der Waals surface area contributed by atoms with Crippen molar-refractivity contribution in [1.82, 2.24) is 0 Å². The van der Waals surface area contributed by atoms with Crippen LogP contribution in [-0.4, -0.2) is 6.61 Å². The van der Waals surface area contributed by atoms with Crippen LogP contribution in [0.1, 0.15) is 23.6 Å². The first kappa shape index (κ1) is 8.97. The van der Waals surface area contributed by atoms with Crippen molar-refractivity contribution >= 4 is 0 Å². The molecular formula is C10H9FN2O. The van der Waals surface area contributed by atoms with Crippen LogP contribution in [0, 0.1) is 17.1 Å². The Balaban J connectivity index is 2.58. The van der Waals surface area contributed by atoms with Gasteiger partial charge in [0.25, 0.3) is 0 Å². The highest BCUT2D eigenvalue weighted by Gasteiger charge is 2.22. The van der Waals surface area contributed by atoms with Crippen LogP contribution in [0.5, 0.6) is 5.75 Å². The Bertz CT molecular complexity index is 411. The molecule has 1 aliphatic heterocycles. The van der Waals surface area contributed by atoms with Gasteiger partial charge >= 0.3 is 0 Å². The number of fused-ring (bicyclic) bond motifs is 1. The van der Waals surface area contributed by atoms with E-state index in [1.807, 2.05) is 6.07 Å². The molecule has 0 saturated carbocycles. The minimum Gasteiger partial charge on any atom is -0.490 e. The first-order valence-electron chi connectivity index (χ1n) is 4.34. The van der Waals surface area contributed by atoms with E-state index in [0.29, 0.717) is 18.6 Å². The molecule has 0 aromatic heterocycles. The summed E-state index contributed by atoms with van der Waals surface area (Å²) >= 11 is 0. The van der Waals surface area contributed by atoms with E-state index in [-0.39, 0.29) is 17.4 Å². The van der Waals surface area contributed by atoms with Crippen molar-refractivity contribution in [3.05, 3.63) is 29.1 Å². The number of nitrogens with zero attached hydrogens (tertiary/aromatic N) is 1. The van der Waals surface area contributed by atoms with Crippen molar-refractivity contribution in [2.75, 3.05) is 6.61 Å². The fourth-order valence-electron chi connectivity index (χ4n) is 1.55. The molecule has 0 bridgehead atoms. The van der Waals surface area contributed by atoms with Crippen molar-refractivity contribution < 1.29 is 9.13 Å². The van der Waals surface area contributed by atoms with Gasteiger partial charge in [-0.1, -0.05) is 0 Å². The highest BCUT2D eigenvalue weighted by atomic mass is 19.1. The van der Waals surface area contributed by atoms with Gasteiger partial charge in [0.2, 0.25) is 0 Å². The van der Waals surface area contributed by atoms with Crippen LogP contribution in [0.3, 0.4) is 0 Å². The van der Waals surface area contributed by atoms with Crippen molar-refractivity contribution in [3.63, 3.8) is 0 Å². The molecular weight excluding hydrogens is 183 g/mol. The molecule has 0 unspecified atom stereocenters. The maximum absolute atomic E-state index is 13.4. The monoisotopic (exact) mass is 192 g/mol. The third-order valence-corrected chi connectivity index (χ3v) is 2.28. The van der Waals surface area contributed by atoms with Crippen LogP contribution < -0.4 is 10.5 Å². The second-order valence-electron chi connectivity index (χ2n) is 3.23. The molecule has 1 aromatic rings. The van der Waals surface area contributed by atoms with Gasteiger partial charge in [0.1, 0.15) is 0 Å². The Morgan fingerprint density at radius 2 is 2.36 bits per heavy atom. The lowest BCUT2D eigenvalue weighted by atomic mass is 9.99. The van der Waals surface area contributed by atoms with Crippen LogP contribution in [0.15, 0.2) is 12.1 Å². The lowest BCUT2D eigenvalue weighted by Crippen LogP contribution is -2.21. The highest BCUT2D eigenvalue weighted by Crippen LogP contribution is 2.33. The molecule has 14 heavy (non-hydrogen) atoms. The normalized spacial score (nSPS) is 19.4. The molecule has 1 aromatic carbocycles. The molecule has 3 nitrogen and oxygen atoms in total. The molecule has 72 valence electrons. The Hall–Kier alpha value is -1.60. The smallest absolute Gasteiger partial charge is 0.166 e. The minimum absolute atomic E-state index is 0.197. The van der Waals surface area contributed by atoms with Gasteiger partial charge in [0.05, 0.1) is 18.2 Å². The van der Waals surface area contributed by atoms with Gasteiger partial charge in [0, 0.05) is 18.0 Å². The summed E-state index contributed by atoms with van der Waals surface area (Å²) in [6, 6.07) is 4.40. The third kappa shape index (κ3) is 1.32. The molecule has 4 heteroatoms. The van der Waals surface area contributed by atoms with E-state index in [9.17, 15) is 4.39 Å². The summed E-state index contributed by atoms with van der Waals surface area (Å²) in [5.74, 6) is -0.308. The molecule has 2 N–H and O–H groups in total. The van der Waals surface area contributed by atoms with E-state index in [1.165, 1.54) is 0 Å². The Labute approximate surface area is 80.9 Å². The number of rotatable bonds is 0. The van der Waals surface area contributed by atoms with Crippen molar-refractivity contribution in [2.45, 2.75) is 12.5 Å². The van der Waals surface area contributed by atoms with Gasteiger partial charge in [-0.2, -0.15) is 5.26 Å². The SMILES string of the molecule is N#Cc1cc(F)c2c(c1)[C@@H](N)CCO2. The fourth-order valence-corrected chi connectivity index (χ4v) is 1.55. The number of nitriles is 1. The average molecular weight is 192 g/mol. The maximum atomic E-state index is 13.4. The van der Waals surface area contributed by atoms with Crippen molar-refractivity contribution in [2.24, 2.45) is 5.73 Å². The predicted molar refractivity (Wildman–Crippen MR) is 48.2 cm³/mol. The Kier molecular flexibility index (Phi) is 2.10. The van der Waals surface area contributed by atoms with Crippen LogP contribution in [0.4, 0.5) is 4.39 Å². The summed E-state index contributed by atoms with van der Waals surface area (Å²) in [5, 5.41) is 8.65. The summed E-state index contributed by atoms with van der Waals surface area (Å²) in [5.41, 5.74) is 6.65. The first-order valence-corrected chi connectivity index (χ1v) is 4.34. The van der Waals surface area contributed by atoms with E-state index in [2.05, 4.69) is 0 Å². The number of nitrogens with two attached hydrogens (primary N) is 1. The molecule has 1 heterocycles. The minimum atomic E-state index is -0.505. The molecule has 0 aliphatic carbocycles. The zero-order valence-corrected chi connectivity index (χ0v) is 7.46. The van der Waals surface area contributed by atoms with Gasteiger partial charge < -0.3 is 10.5 Å². The second-order valence-corrected chi connectivity index (χ2v) is 3.23. The quantitative estimate of drug-likeness (QED) is 0.677. The molecule has 0 saturated heterocycles. The molecule has 0 fully saturated rings. The molecule has 0 radical (unpaired) electrons. The van der Waals surface area contributed by atoms with Gasteiger partial charge in [-0.25, -0.2) is 4.39 Å². The number of hydrogen-bond acceptors (Lipinski definition) is 3. The van der Waals surface area contributed by atoms with Gasteiger partial charge in [-0.15, -0.1) is 0 Å². The van der Waals surface area contributed by atoms with Crippen molar-refractivity contribution in [1.29, 1.82) is 5.26 Å². The van der Waals surface area contributed by atoms with E-state index >= 15 is 0 Å².